The summed E-state index contributed by atoms with van der Waals surface area (Å²) in [5.41, 5.74) is 0. The van der Waals surface area contributed by atoms with Crippen LogP contribution in [0.2, 0.25) is 0 Å². The van der Waals surface area contributed by atoms with Crippen LogP contribution in [0, 0.1) is 5.92 Å². The summed E-state index contributed by atoms with van der Waals surface area (Å²) >= 11 is 10.7. The normalized spacial score (nSPS) is 12.3. The van der Waals surface area contributed by atoms with E-state index < -0.39 is 0 Å². The summed E-state index contributed by atoms with van der Waals surface area (Å²) in [7, 11) is 0. The van der Waals surface area contributed by atoms with E-state index in [4.69, 9.17) is 23.2 Å². The van der Waals surface area contributed by atoms with Gasteiger partial charge in [0.05, 0.1) is 0 Å². The van der Waals surface area contributed by atoms with E-state index in [2.05, 4.69) is 0 Å². The highest BCUT2D eigenvalue weighted by molar-refractivity contribution is 6.64. The molecule has 0 N–H and O–H groups in total. The zero-order chi connectivity index (χ0) is 16.6. The minimum Gasteiger partial charge on any atom is -0.281 e. The van der Waals surface area contributed by atoms with Crippen molar-refractivity contribution in [2.24, 2.45) is 5.92 Å². The summed E-state index contributed by atoms with van der Waals surface area (Å²) in [5.74, 6) is 0.0178. The van der Waals surface area contributed by atoms with Gasteiger partial charge in [0, 0.05) is 12.3 Å². The van der Waals surface area contributed by atoms with Crippen LogP contribution in [0.25, 0.3) is 0 Å². The molecule has 0 bridgehead atoms. The van der Waals surface area contributed by atoms with Gasteiger partial charge in [-0.25, -0.2) is 0 Å². The molecule has 130 valence electrons. The van der Waals surface area contributed by atoms with Gasteiger partial charge >= 0.3 is 0 Å². The standard InChI is InChI=1S/C18H32Cl2O2/c1-16(18(20)22)14-12-10-8-6-4-2-3-5-7-9-11-13-15-17(19)21/h16H,2-15H2,1H3. The molecule has 0 spiro atoms. The Balaban J connectivity index is 3.08. The molecule has 0 aliphatic carbocycles. The third kappa shape index (κ3) is 16.3. The first-order valence-corrected chi connectivity index (χ1v) is 9.67. The van der Waals surface area contributed by atoms with E-state index in [1.54, 1.807) is 0 Å². The first-order chi connectivity index (χ1) is 10.5. The average Bonchev–Trinajstić information content (AvgIpc) is 2.46. The van der Waals surface area contributed by atoms with Gasteiger partial charge in [-0.1, -0.05) is 77.6 Å². The number of rotatable bonds is 16. The van der Waals surface area contributed by atoms with Crippen molar-refractivity contribution in [3.63, 3.8) is 0 Å². The van der Waals surface area contributed by atoms with Gasteiger partial charge in [0.1, 0.15) is 0 Å². The van der Waals surface area contributed by atoms with Gasteiger partial charge in [-0.2, -0.15) is 0 Å². The van der Waals surface area contributed by atoms with Gasteiger partial charge < -0.3 is 0 Å². The summed E-state index contributed by atoms with van der Waals surface area (Å²) < 4.78 is 0. The molecule has 0 saturated heterocycles. The predicted molar refractivity (Wildman–Crippen MR) is 95.5 cm³/mol. The monoisotopic (exact) mass is 350 g/mol. The van der Waals surface area contributed by atoms with E-state index in [0.717, 1.165) is 25.7 Å². The van der Waals surface area contributed by atoms with E-state index in [1.807, 2.05) is 6.92 Å². The lowest BCUT2D eigenvalue weighted by Crippen LogP contribution is -2.02. The summed E-state index contributed by atoms with van der Waals surface area (Å²) in [6, 6.07) is 0. The highest BCUT2D eigenvalue weighted by Gasteiger charge is 2.08. The van der Waals surface area contributed by atoms with Crippen molar-refractivity contribution in [3.8, 4) is 0 Å². The molecule has 0 amide bonds. The molecule has 0 rings (SSSR count). The highest BCUT2D eigenvalue weighted by atomic mass is 35.5. The second-order valence-corrected chi connectivity index (χ2v) is 7.14. The van der Waals surface area contributed by atoms with Gasteiger partial charge in [0.2, 0.25) is 10.5 Å². The first-order valence-electron chi connectivity index (χ1n) is 8.91. The number of carbonyl (C=O) groups excluding carboxylic acids is 2. The van der Waals surface area contributed by atoms with Crippen molar-refractivity contribution in [2.75, 3.05) is 0 Å². The van der Waals surface area contributed by atoms with Crippen molar-refractivity contribution in [2.45, 2.75) is 96.8 Å². The molecule has 0 fully saturated rings. The Morgan fingerprint density at radius 1 is 0.682 bits per heavy atom. The average molecular weight is 351 g/mol. The van der Waals surface area contributed by atoms with Crippen LogP contribution < -0.4 is 0 Å². The lowest BCUT2D eigenvalue weighted by molar-refractivity contribution is -0.115. The summed E-state index contributed by atoms with van der Waals surface area (Å²) in [6.45, 7) is 1.91. The van der Waals surface area contributed by atoms with Gasteiger partial charge in [-0.3, -0.25) is 9.59 Å². The smallest absolute Gasteiger partial charge is 0.224 e. The second kappa shape index (κ2) is 15.8. The quantitative estimate of drug-likeness (QED) is 0.231. The zero-order valence-electron chi connectivity index (χ0n) is 14.0. The fourth-order valence-electron chi connectivity index (χ4n) is 2.60. The number of hydrogen-bond acceptors (Lipinski definition) is 2. The number of unbranched alkanes of at least 4 members (excludes halogenated alkanes) is 11. The van der Waals surface area contributed by atoms with Crippen molar-refractivity contribution < 1.29 is 9.59 Å². The fourth-order valence-corrected chi connectivity index (χ4v) is 2.84. The number of carbonyl (C=O) groups is 2. The molecule has 0 aromatic rings. The molecular formula is C18H32Cl2O2. The summed E-state index contributed by atoms with van der Waals surface area (Å²) in [4.78, 5) is 21.4. The lowest BCUT2D eigenvalue weighted by Gasteiger charge is -2.05. The Labute approximate surface area is 146 Å². The third-order valence-electron chi connectivity index (χ3n) is 4.15. The molecule has 1 atom stereocenters. The Morgan fingerprint density at radius 3 is 1.41 bits per heavy atom. The molecule has 4 heteroatoms. The molecule has 2 nitrogen and oxygen atoms in total. The molecule has 0 aromatic carbocycles. The van der Waals surface area contributed by atoms with E-state index >= 15 is 0 Å². The van der Waals surface area contributed by atoms with Crippen LogP contribution in [-0.4, -0.2) is 10.5 Å². The maximum Gasteiger partial charge on any atom is 0.224 e. The molecule has 0 aliphatic heterocycles. The molecule has 0 saturated carbocycles. The van der Waals surface area contributed by atoms with Crippen molar-refractivity contribution in [1.29, 1.82) is 0 Å². The largest absolute Gasteiger partial charge is 0.281 e. The van der Waals surface area contributed by atoms with Crippen LogP contribution in [0.3, 0.4) is 0 Å². The first kappa shape index (κ1) is 21.9. The molecular weight excluding hydrogens is 319 g/mol. The second-order valence-electron chi connectivity index (χ2n) is 6.34. The van der Waals surface area contributed by atoms with Gasteiger partial charge in [-0.05, 0) is 36.0 Å². The Hall–Kier alpha value is -0.0800. The van der Waals surface area contributed by atoms with Crippen LogP contribution in [0.5, 0.6) is 0 Å². The minimum atomic E-state index is -0.205. The Kier molecular flexibility index (Phi) is 15.7. The van der Waals surface area contributed by atoms with Gasteiger partial charge in [-0.15, -0.1) is 0 Å². The van der Waals surface area contributed by atoms with Crippen molar-refractivity contribution in [1.82, 2.24) is 0 Å². The van der Waals surface area contributed by atoms with E-state index in [9.17, 15) is 9.59 Å². The van der Waals surface area contributed by atoms with Crippen LogP contribution >= 0.6 is 23.2 Å². The minimum absolute atomic E-state index is 0.0178. The Morgan fingerprint density at radius 2 is 1.05 bits per heavy atom. The topological polar surface area (TPSA) is 34.1 Å². The third-order valence-corrected chi connectivity index (χ3v) is 4.71. The Bertz CT molecular complexity index is 293. The molecule has 0 radical (unpaired) electrons. The van der Waals surface area contributed by atoms with Crippen LogP contribution in [0.15, 0.2) is 0 Å². The van der Waals surface area contributed by atoms with Crippen LogP contribution in [0.1, 0.15) is 96.8 Å². The predicted octanol–water partition coefficient (Wildman–Crippen LogP) is 6.61. The summed E-state index contributed by atoms with van der Waals surface area (Å²) in [6.07, 6.45) is 16.2. The lowest BCUT2D eigenvalue weighted by atomic mass is 10.0. The van der Waals surface area contributed by atoms with Crippen molar-refractivity contribution >= 4 is 33.7 Å². The summed E-state index contributed by atoms with van der Waals surface area (Å²) in [5, 5.41) is -0.405. The maximum atomic E-state index is 10.9. The van der Waals surface area contributed by atoms with Gasteiger partial charge in [0.15, 0.2) is 0 Å². The zero-order valence-corrected chi connectivity index (χ0v) is 15.6. The van der Waals surface area contributed by atoms with Crippen LogP contribution in [0.4, 0.5) is 0 Å². The van der Waals surface area contributed by atoms with Crippen molar-refractivity contribution in [3.05, 3.63) is 0 Å². The fraction of sp³-hybridized carbons (Fsp3) is 0.889. The number of hydrogen-bond donors (Lipinski definition) is 0. The highest BCUT2D eigenvalue weighted by Crippen LogP contribution is 2.15. The van der Waals surface area contributed by atoms with Crippen LogP contribution in [-0.2, 0) is 9.59 Å². The SMILES string of the molecule is CC(CCCCCCCCCCCCCCC(=O)Cl)C(=O)Cl. The molecule has 0 aromatic heterocycles. The van der Waals surface area contributed by atoms with Gasteiger partial charge in [0.25, 0.3) is 0 Å². The van der Waals surface area contributed by atoms with E-state index in [0.29, 0.717) is 6.42 Å². The molecule has 0 heterocycles. The molecule has 22 heavy (non-hydrogen) atoms. The maximum absolute atomic E-state index is 10.9. The molecule has 1 unspecified atom stereocenters. The number of halogens is 2. The van der Waals surface area contributed by atoms with E-state index in [-0.39, 0.29) is 16.4 Å². The van der Waals surface area contributed by atoms with E-state index in [1.165, 1.54) is 57.8 Å². The molecule has 0 aliphatic rings.